The third-order valence-corrected chi connectivity index (χ3v) is 3.99. The molecule has 1 aromatic carbocycles. The highest BCUT2D eigenvalue weighted by atomic mass is 16.5. The SMILES string of the molecule is O=C=NC1(c2cccc(OCC3CC3)c2)CCC1. The molecule has 0 amide bonds. The van der Waals surface area contributed by atoms with Crippen LogP contribution in [0.1, 0.15) is 37.7 Å². The van der Waals surface area contributed by atoms with Gasteiger partial charge in [0.2, 0.25) is 6.08 Å². The van der Waals surface area contributed by atoms with Gasteiger partial charge in [-0.15, -0.1) is 0 Å². The Balaban J connectivity index is 1.78. The molecule has 1 aromatic rings. The van der Waals surface area contributed by atoms with Gasteiger partial charge in [0.1, 0.15) is 5.75 Å². The van der Waals surface area contributed by atoms with Crippen molar-refractivity contribution in [3.05, 3.63) is 29.8 Å². The second kappa shape index (κ2) is 4.58. The summed E-state index contributed by atoms with van der Waals surface area (Å²) in [6.07, 6.45) is 7.31. The van der Waals surface area contributed by atoms with Crippen LogP contribution in [-0.2, 0) is 10.3 Å². The highest BCUT2D eigenvalue weighted by Crippen LogP contribution is 2.45. The van der Waals surface area contributed by atoms with E-state index in [0.29, 0.717) is 0 Å². The van der Waals surface area contributed by atoms with Crippen LogP contribution < -0.4 is 4.74 Å². The summed E-state index contributed by atoms with van der Waals surface area (Å²) in [6.45, 7) is 0.813. The van der Waals surface area contributed by atoms with Gasteiger partial charge in [-0.1, -0.05) is 12.1 Å². The molecular weight excluding hydrogens is 226 g/mol. The van der Waals surface area contributed by atoms with Crippen LogP contribution in [0.5, 0.6) is 5.75 Å². The van der Waals surface area contributed by atoms with Crippen LogP contribution in [0.2, 0.25) is 0 Å². The number of benzene rings is 1. The Morgan fingerprint density at radius 1 is 1.39 bits per heavy atom. The van der Waals surface area contributed by atoms with Crippen molar-refractivity contribution >= 4 is 6.08 Å². The standard InChI is InChI=1S/C15H17NO2/c17-11-16-15(7-2-8-15)13-3-1-4-14(9-13)18-10-12-5-6-12/h1,3-4,9,12H,2,5-8,10H2. The molecule has 3 heteroatoms. The van der Waals surface area contributed by atoms with Crippen molar-refractivity contribution in [3.8, 4) is 5.75 Å². The first-order chi connectivity index (χ1) is 8.82. The predicted octanol–water partition coefficient (Wildman–Crippen LogP) is 3.19. The Bertz CT molecular complexity index is 483. The second-order valence-corrected chi connectivity index (χ2v) is 5.37. The molecule has 0 bridgehead atoms. The maximum absolute atomic E-state index is 10.6. The highest BCUT2D eigenvalue weighted by molar-refractivity contribution is 5.41. The quantitative estimate of drug-likeness (QED) is 0.588. The lowest BCUT2D eigenvalue weighted by atomic mass is 9.72. The van der Waals surface area contributed by atoms with Crippen LogP contribution in [0.25, 0.3) is 0 Å². The van der Waals surface area contributed by atoms with E-state index in [-0.39, 0.29) is 5.54 Å². The molecule has 0 unspecified atom stereocenters. The maximum atomic E-state index is 10.6. The zero-order chi connectivity index (χ0) is 12.4. The van der Waals surface area contributed by atoms with Crippen LogP contribution in [0, 0.1) is 5.92 Å². The fourth-order valence-electron chi connectivity index (χ4n) is 2.44. The molecule has 2 aliphatic carbocycles. The summed E-state index contributed by atoms with van der Waals surface area (Å²) < 4.78 is 5.77. The minimum atomic E-state index is -0.319. The Labute approximate surface area is 107 Å². The summed E-state index contributed by atoms with van der Waals surface area (Å²) in [6, 6.07) is 8.02. The van der Waals surface area contributed by atoms with Crippen molar-refractivity contribution in [3.63, 3.8) is 0 Å². The van der Waals surface area contributed by atoms with Gasteiger partial charge < -0.3 is 4.74 Å². The van der Waals surface area contributed by atoms with E-state index >= 15 is 0 Å². The topological polar surface area (TPSA) is 38.7 Å². The minimum absolute atomic E-state index is 0.319. The fraction of sp³-hybridized carbons (Fsp3) is 0.533. The van der Waals surface area contributed by atoms with Crippen molar-refractivity contribution in [2.45, 2.75) is 37.6 Å². The number of isocyanates is 1. The van der Waals surface area contributed by atoms with E-state index in [1.54, 1.807) is 6.08 Å². The number of aliphatic imine (C=N–C) groups is 1. The minimum Gasteiger partial charge on any atom is -0.493 e. The van der Waals surface area contributed by atoms with E-state index < -0.39 is 0 Å². The molecule has 2 saturated carbocycles. The summed E-state index contributed by atoms with van der Waals surface area (Å²) in [5, 5.41) is 0. The number of hydrogen-bond acceptors (Lipinski definition) is 3. The van der Waals surface area contributed by atoms with Gasteiger partial charge in [0.15, 0.2) is 0 Å². The average Bonchev–Trinajstić information content (AvgIpc) is 3.16. The van der Waals surface area contributed by atoms with Gasteiger partial charge >= 0.3 is 0 Å². The summed E-state index contributed by atoms with van der Waals surface area (Å²) in [5.41, 5.74) is 0.770. The average molecular weight is 243 g/mol. The molecule has 2 aliphatic rings. The van der Waals surface area contributed by atoms with Gasteiger partial charge in [-0.05, 0) is 55.7 Å². The zero-order valence-corrected chi connectivity index (χ0v) is 10.4. The molecule has 0 radical (unpaired) electrons. The molecule has 0 aromatic heterocycles. The first kappa shape index (κ1) is 11.5. The molecule has 94 valence electrons. The second-order valence-electron chi connectivity index (χ2n) is 5.37. The monoisotopic (exact) mass is 243 g/mol. The van der Waals surface area contributed by atoms with Gasteiger partial charge in [0.25, 0.3) is 0 Å². The van der Waals surface area contributed by atoms with Crippen molar-refractivity contribution in [1.29, 1.82) is 0 Å². The Kier molecular flexibility index (Phi) is 2.92. The van der Waals surface area contributed by atoms with Gasteiger partial charge in [-0.2, -0.15) is 4.99 Å². The van der Waals surface area contributed by atoms with Crippen LogP contribution in [0.3, 0.4) is 0 Å². The van der Waals surface area contributed by atoms with Crippen LogP contribution >= 0.6 is 0 Å². The molecular formula is C15H17NO2. The molecule has 2 fully saturated rings. The van der Waals surface area contributed by atoms with Crippen LogP contribution in [0.4, 0.5) is 0 Å². The van der Waals surface area contributed by atoms with E-state index in [1.807, 2.05) is 24.3 Å². The molecule has 18 heavy (non-hydrogen) atoms. The van der Waals surface area contributed by atoms with E-state index in [0.717, 1.165) is 43.1 Å². The lowest BCUT2D eigenvalue weighted by molar-refractivity contribution is 0.253. The normalized spacial score (nSPS) is 20.7. The van der Waals surface area contributed by atoms with E-state index in [9.17, 15) is 4.79 Å². The van der Waals surface area contributed by atoms with Gasteiger partial charge in [-0.25, -0.2) is 4.79 Å². The fourth-order valence-corrected chi connectivity index (χ4v) is 2.44. The molecule has 0 spiro atoms. The van der Waals surface area contributed by atoms with Gasteiger partial charge in [0, 0.05) is 0 Å². The summed E-state index contributed by atoms with van der Waals surface area (Å²) in [4.78, 5) is 14.6. The zero-order valence-electron chi connectivity index (χ0n) is 10.4. The summed E-state index contributed by atoms with van der Waals surface area (Å²) >= 11 is 0. The van der Waals surface area contributed by atoms with Crippen molar-refractivity contribution in [2.24, 2.45) is 10.9 Å². The van der Waals surface area contributed by atoms with Crippen molar-refractivity contribution in [2.75, 3.05) is 6.61 Å². The van der Waals surface area contributed by atoms with E-state index in [4.69, 9.17) is 4.74 Å². The molecule has 0 atom stereocenters. The van der Waals surface area contributed by atoms with Crippen LogP contribution in [0.15, 0.2) is 29.3 Å². The molecule has 0 saturated heterocycles. The highest BCUT2D eigenvalue weighted by Gasteiger charge is 2.39. The van der Waals surface area contributed by atoms with E-state index in [1.165, 1.54) is 12.8 Å². The van der Waals surface area contributed by atoms with Gasteiger partial charge in [0.05, 0.1) is 12.1 Å². The van der Waals surface area contributed by atoms with Gasteiger partial charge in [-0.3, -0.25) is 0 Å². The van der Waals surface area contributed by atoms with Crippen molar-refractivity contribution in [1.82, 2.24) is 0 Å². The largest absolute Gasteiger partial charge is 0.493 e. The number of hydrogen-bond donors (Lipinski definition) is 0. The van der Waals surface area contributed by atoms with Crippen LogP contribution in [-0.4, -0.2) is 12.7 Å². The first-order valence-corrected chi connectivity index (χ1v) is 6.65. The number of ether oxygens (including phenoxy) is 1. The maximum Gasteiger partial charge on any atom is 0.235 e. The summed E-state index contributed by atoms with van der Waals surface area (Å²) in [7, 11) is 0. The third kappa shape index (κ3) is 2.19. The number of carbonyl (C=O) groups excluding carboxylic acids is 1. The lowest BCUT2D eigenvalue weighted by Gasteiger charge is -2.37. The third-order valence-electron chi connectivity index (χ3n) is 3.99. The molecule has 0 N–H and O–H groups in total. The molecule has 3 nitrogen and oxygen atoms in total. The predicted molar refractivity (Wildman–Crippen MR) is 68.3 cm³/mol. The molecule has 0 aliphatic heterocycles. The molecule has 0 heterocycles. The van der Waals surface area contributed by atoms with E-state index in [2.05, 4.69) is 4.99 Å². The number of nitrogens with zero attached hydrogens (tertiary/aromatic N) is 1. The lowest BCUT2D eigenvalue weighted by Crippen LogP contribution is -2.31. The first-order valence-electron chi connectivity index (χ1n) is 6.65. The van der Waals surface area contributed by atoms with Crippen molar-refractivity contribution < 1.29 is 9.53 Å². The summed E-state index contributed by atoms with van der Waals surface area (Å²) in [5.74, 6) is 1.64. The molecule has 3 rings (SSSR count). The Hall–Kier alpha value is -1.60. The Morgan fingerprint density at radius 2 is 2.22 bits per heavy atom. The number of rotatable bonds is 5. The smallest absolute Gasteiger partial charge is 0.235 e. The Morgan fingerprint density at radius 3 is 2.83 bits per heavy atom.